The number of halogens is 2. The second-order valence-corrected chi connectivity index (χ2v) is 6.17. The molecule has 0 heterocycles. The average Bonchev–Trinajstić information content (AvgIpc) is 3.22. The zero-order chi connectivity index (χ0) is 13.4. The minimum absolute atomic E-state index is 0.00481. The van der Waals surface area contributed by atoms with E-state index in [0.717, 1.165) is 30.4 Å². The molecule has 2 aliphatic rings. The van der Waals surface area contributed by atoms with Crippen LogP contribution < -0.4 is 5.32 Å². The zero-order valence-electron chi connectivity index (χ0n) is 11.3. The zero-order valence-corrected chi connectivity index (χ0v) is 11.3. The summed E-state index contributed by atoms with van der Waals surface area (Å²) in [5, 5.41) is 3.46. The molecule has 0 amide bonds. The van der Waals surface area contributed by atoms with Crippen molar-refractivity contribution in [3.8, 4) is 0 Å². The van der Waals surface area contributed by atoms with Crippen molar-refractivity contribution in [2.75, 3.05) is 6.54 Å². The number of rotatable bonds is 6. The summed E-state index contributed by atoms with van der Waals surface area (Å²) in [5.41, 5.74) is 0.697. The van der Waals surface area contributed by atoms with Crippen LogP contribution in [0.3, 0.4) is 0 Å². The highest BCUT2D eigenvalue weighted by Gasteiger charge is 2.41. The predicted octanol–water partition coefficient (Wildman–Crippen LogP) is 4.05. The van der Waals surface area contributed by atoms with E-state index in [1.165, 1.54) is 37.8 Å². The molecule has 0 aliphatic heterocycles. The molecule has 3 rings (SSSR count). The van der Waals surface area contributed by atoms with Gasteiger partial charge < -0.3 is 5.32 Å². The van der Waals surface area contributed by atoms with Crippen molar-refractivity contribution in [2.45, 2.75) is 38.6 Å². The summed E-state index contributed by atoms with van der Waals surface area (Å²) in [6.07, 6.45) is 5.47. The molecule has 2 fully saturated rings. The molecule has 0 aromatic heterocycles. The lowest BCUT2D eigenvalue weighted by atomic mass is 9.97. The summed E-state index contributed by atoms with van der Waals surface area (Å²) in [6, 6.07) is 3.77. The molecule has 2 saturated carbocycles. The van der Waals surface area contributed by atoms with Crippen LogP contribution in [0.5, 0.6) is 0 Å². The van der Waals surface area contributed by atoms with Gasteiger partial charge in [0, 0.05) is 12.1 Å². The van der Waals surface area contributed by atoms with E-state index >= 15 is 0 Å². The molecule has 0 saturated heterocycles. The first kappa shape index (κ1) is 13.0. The third-order valence-electron chi connectivity index (χ3n) is 4.50. The summed E-state index contributed by atoms with van der Waals surface area (Å²) in [6.45, 7) is 2.96. The number of hydrogen-bond acceptors (Lipinski definition) is 1. The fourth-order valence-corrected chi connectivity index (χ4v) is 3.02. The lowest BCUT2D eigenvalue weighted by molar-refractivity contribution is 0.361. The maximum atomic E-state index is 13.2. The van der Waals surface area contributed by atoms with Crippen molar-refractivity contribution >= 4 is 0 Å². The molecule has 0 spiro atoms. The van der Waals surface area contributed by atoms with Crippen molar-refractivity contribution in [1.29, 1.82) is 0 Å². The van der Waals surface area contributed by atoms with E-state index in [4.69, 9.17) is 0 Å². The Labute approximate surface area is 113 Å². The first-order valence-corrected chi connectivity index (χ1v) is 7.33. The van der Waals surface area contributed by atoms with Gasteiger partial charge in [-0.15, -0.1) is 0 Å². The lowest BCUT2D eigenvalue weighted by Gasteiger charge is -2.20. The van der Waals surface area contributed by atoms with Crippen LogP contribution in [-0.4, -0.2) is 6.54 Å². The lowest BCUT2D eigenvalue weighted by Crippen LogP contribution is -2.28. The molecule has 1 atom stereocenters. The normalized spacial score (nSPS) is 20.8. The van der Waals surface area contributed by atoms with Crippen LogP contribution in [0, 0.1) is 29.4 Å². The van der Waals surface area contributed by atoms with E-state index in [1.54, 1.807) is 0 Å². The maximum Gasteiger partial charge on any atom is 0.126 e. The highest BCUT2D eigenvalue weighted by Crippen LogP contribution is 2.48. The van der Waals surface area contributed by atoms with E-state index in [-0.39, 0.29) is 6.04 Å². The van der Waals surface area contributed by atoms with Gasteiger partial charge in [-0.05, 0) is 74.6 Å². The molecule has 3 heteroatoms. The van der Waals surface area contributed by atoms with Gasteiger partial charge in [0.05, 0.1) is 0 Å². The van der Waals surface area contributed by atoms with Gasteiger partial charge in [-0.2, -0.15) is 0 Å². The third-order valence-corrected chi connectivity index (χ3v) is 4.50. The van der Waals surface area contributed by atoms with Gasteiger partial charge in [-0.25, -0.2) is 8.78 Å². The van der Waals surface area contributed by atoms with Gasteiger partial charge in [0.2, 0.25) is 0 Å². The summed E-state index contributed by atoms with van der Waals surface area (Å²) in [5.74, 6) is 1.59. The molecule has 1 unspecified atom stereocenters. The summed E-state index contributed by atoms with van der Waals surface area (Å²) in [7, 11) is 0. The quantitative estimate of drug-likeness (QED) is 0.818. The van der Waals surface area contributed by atoms with Crippen molar-refractivity contribution in [2.24, 2.45) is 17.8 Å². The molecular formula is C16H21F2N. The van der Waals surface area contributed by atoms with Gasteiger partial charge in [0.25, 0.3) is 0 Å². The van der Waals surface area contributed by atoms with Crippen LogP contribution in [0.25, 0.3) is 0 Å². The number of hydrogen-bond donors (Lipinski definition) is 1. The second kappa shape index (κ2) is 5.20. The molecule has 1 aromatic rings. The summed E-state index contributed by atoms with van der Waals surface area (Å²) < 4.78 is 26.4. The van der Waals surface area contributed by atoms with Crippen LogP contribution in [0.4, 0.5) is 8.78 Å². The largest absolute Gasteiger partial charge is 0.310 e. The van der Waals surface area contributed by atoms with Crippen LogP contribution in [-0.2, 0) is 0 Å². The van der Waals surface area contributed by atoms with E-state index < -0.39 is 11.6 Å². The first-order chi connectivity index (χ1) is 9.13. The Kier molecular flexibility index (Phi) is 3.57. The fraction of sp³-hybridized carbons (Fsp3) is 0.625. The van der Waals surface area contributed by atoms with Gasteiger partial charge >= 0.3 is 0 Å². The molecule has 1 N–H and O–H groups in total. The van der Waals surface area contributed by atoms with Crippen LogP contribution >= 0.6 is 0 Å². The molecule has 0 bridgehead atoms. The SMILES string of the molecule is CC(NCC(C1CC1)C1CC1)c1cc(F)cc(F)c1. The number of benzene rings is 1. The Morgan fingerprint density at radius 1 is 1.05 bits per heavy atom. The fourth-order valence-electron chi connectivity index (χ4n) is 3.02. The minimum Gasteiger partial charge on any atom is -0.310 e. The van der Waals surface area contributed by atoms with Crippen molar-refractivity contribution in [1.82, 2.24) is 5.32 Å². The van der Waals surface area contributed by atoms with Crippen molar-refractivity contribution < 1.29 is 8.78 Å². The Morgan fingerprint density at radius 2 is 1.58 bits per heavy atom. The molecule has 2 aliphatic carbocycles. The third kappa shape index (κ3) is 3.33. The van der Waals surface area contributed by atoms with E-state index in [9.17, 15) is 8.78 Å². The van der Waals surface area contributed by atoms with Crippen LogP contribution in [0.1, 0.15) is 44.2 Å². The summed E-state index contributed by atoms with van der Waals surface area (Å²) in [4.78, 5) is 0. The van der Waals surface area contributed by atoms with E-state index in [0.29, 0.717) is 5.56 Å². The first-order valence-electron chi connectivity index (χ1n) is 7.33. The maximum absolute atomic E-state index is 13.2. The smallest absolute Gasteiger partial charge is 0.126 e. The predicted molar refractivity (Wildman–Crippen MR) is 71.7 cm³/mol. The molecule has 1 aromatic carbocycles. The Balaban J connectivity index is 1.59. The second-order valence-electron chi connectivity index (χ2n) is 6.17. The van der Waals surface area contributed by atoms with Gasteiger partial charge in [0.15, 0.2) is 0 Å². The molecule has 19 heavy (non-hydrogen) atoms. The molecule has 1 nitrogen and oxygen atoms in total. The Bertz CT molecular complexity index is 420. The van der Waals surface area contributed by atoms with Crippen molar-refractivity contribution in [3.63, 3.8) is 0 Å². The average molecular weight is 265 g/mol. The van der Waals surface area contributed by atoms with E-state index in [1.807, 2.05) is 6.92 Å². The Hall–Kier alpha value is -0.960. The molecule has 0 radical (unpaired) electrons. The molecule has 104 valence electrons. The monoisotopic (exact) mass is 265 g/mol. The minimum atomic E-state index is -0.496. The highest BCUT2D eigenvalue weighted by atomic mass is 19.1. The van der Waals surface area contributed by atoms with Crippen LogP contribution in [0.2, 0.25) is 0 Å². The number of nitrogens with one attached hydrogen (secondary N) is 1. The summed E-state index contributed by atoms with van der Waals surface area (Å²) >= 11 is 0. The van der Waals surface area contributed by atoms with E-state index in [2.05, 4.69) is 5.32 Å². The van der Waals surface area contributed by atoms with Gasteiger partial charge in [-0.3, -0.25) is 0 Å². The standard InChI is InChI=1S/C16H21F2N/c1-10(13-6-14(17)8-15(18)7-13)19-9-16(11-2-3-11)12-4-5-12/h6-8,10-12,16,19H,2-5,9H2,1H3. The Morgan fingerprint density at radius 3 is 2.05 bits per heavy atom. The topological polar surface area (TPSA) is 12.0 Å². The molecular weight excluding hydrogens is 244 g/mol. The van der Waals surface area contributed by atoms with Gasteiger partial charge in [-0.1, -0.05) is 0 Å². The van der Waals surface area contributed by atoms with Crippen molar-refractivity contribution in [3.05, 3.63) is 35.4 Å². The van der Waals surface area contributed by atoms with Gasteiger partial charge in [0.1, 0.15) is 11.6 Å². The van der Waals surface area contributed by atoms with Crippen LogP contribution in [0.15, 0.2) is 18.2 Å². The highest BCUT2D eigenvalue weighted by molar-refractivity contribution is 5.20.